The second-order valence-corrected chi connectivity index (χ2v) is 9.20. The first kappa shape index (κ1) is 26.0. The number of unbranched alkanes of at least 4 members (excludes halogenated alkanes) is 1. The standard InChI is InChI=1S/C24H37N5O2S/c25-14-5-4-10-22(29-23(30)21(27)17-18-7-2-1-3-8-18)24(31)28-16-13-20-12-11-19(32-20)9-6-15-26/h1-3,7-8,11-12,21-22H,4-6,9-10,13-17,25-27H2,(H,28,31)(H,29,30)/t21-,22+/m1/s1. The topological polar surface area (TPSA) is 136 Å². The molecule has 2 aromatic rings. The summed E-state index contributed by atoms with van der Waals surface area (Å²) >= 11 is 1.76. The fraction of sp³-hybridized carbons (Fsp3) is 0.500. The summed E-state index contributed by atoms with van der Waals surface area (Å²) in [7, 11) is 0. The van der Waals surface area contributed by atoms with E-state index in [2.05, 4.69) is 22.8 Å². The molecule has 1 aromatic heterocycles. The number of aryl methyl sites for hydroxylation is 1. The average Bonchev–Trinajstić information content (AvgIpc) is 3.25. The molecule has 0 aliphatic heterocycles. The van der Waals surface area contributed by atoms with Gasteiger partial charge in [-0.1, -0.05) is 30.3 Å². The molecule has 2 atom stereocenters. The minimum absolute atomic E-state index is 0.179. The minimum Gasteiger partial charge on any atom is -0.354 e. The molecule has 0 radical (unpaired) electrons. The first-order chi connectivity index (χ1) is 15.5. The molecule has 32 heavy (non-hydrogen) atoms. The summed E-state index contributed by atoms with van der Waals surface area (Å²) in [6.45, 7) is 1.77. The van der Waals surface area contributed by atoms with Gasteiger partial charge in [0.2, 0.25) is 11.8 Å². The van der Waals surface area contributed by atoms with Gasteiger partial charge in [0.25, 0.3) is 0 Å². The van der Waals surface area contributed by atoms with Crippen LogP contribution in [0.25, 0.3) is 0 Å². The van der Waals surface area contributed by atoms with Gasteiger partial charge in [0.05, 0.1) is 6.04 Å². The summed E-state index contributed by atoms with van der Waals surface area (Å²) in [5.74, 6) is -0.494. The third-order valence-electron chi connectivity index (χ3n) is 5.23. The summed E-state index contributed by atoms with van der Waals surface area (Å²) in [6.07, 6.45) is 5.26. The maximum absolute atomic E-state index is 12.8. The van der Waals surface area contributed by atoms with Gasteiger partial charge >= 0.3 is 0 Å². The molecule has 7 nitrogen and oxygen atoms in total. The van der Waals surface area contributed by atoms with E-state index in [1.54, 1.807) is 11.3 Å². The molecule has 0 unspecified atom stereocenters. The third-order valence-corrected chi connectivity index (χ3v) is 6.44. The van der Waals surface area contributed by atoms with E-state index < -0.39 is 12.1 Å². The number of benzene rings is 1. The molecule has 176 valence electrons. The molecular weight excluding hydrogens is 422 g/mol. The molecule has 2 amide bonds. The number of amides is 2. The number of nitrogens with one attached hydrogen (secondary N) is 2. The lowest BCUT2D eigenvalue weighted by Crippen LogP contribution is -2.52. The molecule has 0 saturated heterocycles. The van der Waals surface area contributed by atoms with E-state index in [1.165, 1.54) is 9.75 Å². The molecule has 1 aromatic carbocycles. The van der Waals surface area contributed by atoms with Gasteiger partial charge in [-0.25, -0.2) is 0 Å². The lowest BCUT2D eigenvalue weighted by Gasteiger charge is -2.21. The van der Waals surface area contributed by atoms with Crippen LogP contribution in [-0.2, 0) is 28.9 Å². The monoisotopic (exact) mass is 459 g/mol. The van der Waals surface area contributed by atoms with Gasteiger partial charge in [0, 0.05) is 16.3 Å². The number of hydrogen-bond acceptors (Lipinski definition) is 6. The van der Waals surface area contributed by atoms with E-state index in [0.717, 1.165) is 37.7 Å². The summed E-state index contributed by atoms with van der Waals surface area (Å²) in [5.41, 5.74) is 18.2. The Hall–Kier alpha value is -2.26. The Morgan fingerprint density at radius 2 is 1.56 bits per heavy atom. The summed E-state index contributed by atoms with van der Waals surface area (Å²) in [5, 5.41) is 5.81. The van der Waals surface area contributed by atoms with Crippen LogP contribution in [0.3, 0.4) is 0 Å². The Labute approximate surface area is 195 Å². The first-order valence-corrected chi connectivity index (χ1v) is 12.2. The molecular formula is C24H37N5O2S. The number of carbonyl (C=O) groups excluding carboxylic acids is 2. The van der Waals surface area contributed by atoms with E-state index in [0.29, 0.717) is 32.5 Å². The number of nitrogens with two attached hydrogens (primary N) is 3. The van der Waals surface area contributed by atoms with Crippen LogP contribution in [-0.4, -0.2) is 43.5 Å². The zero-order chi connectivity index (χ0) is 23.2. The van der Waals surface area contributed by atoms with E-state index in [-0.39, 0.29) is 11.8 Å². The fourth-order valence-electron chi connectivity index (χ4n) is 3.40. The number of thiophene rings is 1. The van der Waals surface area contributed by atoms with Gasteiger partial charge in [-0.05, 0) is 75.7 Å². The Morgan fingerprint density at radius 1 is 0.875 bits per heavy atom. The predicted octanol–water partition coefficient (Wildman–Crippen LogP) is 1.48. The van der Waals surface area contributed by atoms with Crippen molar-refractivity contribution in [3.63, 3.8) is 0 Å². The quantitative estimate of drug-likeness (QED) is 0.257. The molecule has 0 bridgehead atoms. The fourth-order valence-corrected chi connectivity index (χ4v) is 4.46. The minimum atomic E-state index is -0.708. The van der Waals surface area contributed by atoms with Crippen molar-refractivity contribution in [2.24, 2.45) is 17.2 Å². The number of rotatable bonds is 15. The smallest absolute Gasteiger partial charge is 0.242 e. The molecule has 0 aliphatic carbocycles. The maximum atomic E-state index is 12.8. The molecule has 0 aliphatic rings. The van der Waals surface area contributed by atoms with Crippen molar-refractivity contribution >= 4 is 23.2 Å². The van der Waals surface area contributed by atoms with E-state index in [9.17, 15) is 9.59 Å². The van der Waals surface area contributed by atoms with Crippen molar-refractivity contribution in [2.45, 2.75) is 57.0 Å². The third kappa shape index (κ3) is 9.48. The van der Waals surface area contributed by atoms with Gasteiger partial charge in [0.1, 0.15) is 6.04 Å². The van der Waals surface area contributed by atoms with E-state index in [4.69, 9.17) is 17.2 Å². The number of hydrogen-bond donors (Lipinski definition) is 5. The molecule has 2 rings (SSSR count). The Bertz CT molecular complexity index is 812. The Kier molecular flexibility index (Phi) is 12.0. The SMILES string of the molecule is NCCCC[C@H](NC(=O)[C@H](N)Cc1ccccc1)C(=O)NCCc1ccc(CCCN)s1. The van der Waals surface area contributed by atoms with Crippen LogP contribution >= 0.6 is 11.3 Å². The van der Waals surface area contributed by atoms with Crippen molar-refractivity contribution in [2.75, 3.05) is 19.6 Å². The molecule has 8 heteroatoms. The summed E-state index contributed by atoms with van der Waals surface area (Å²) in [4.78, 5) is 28.0. The van der Waals surface area contributed by atoms with E-state index in [1.807, 2.05) is 30.3 Å². The van der Waals surface area contributed by atoms with Gasteiger partial charge in [0.15, 0.2) is 0 Å². The Morgan fingerprint density at radius 3 is 2.25 bits per heavy atom. The highest BCUT2D eigenvalue weighted by atomic mass is 32.1. The van der Waals surface area contributed by atoms with Crippen LogP contribution in [0.1, 0.15) is 41.0 Å². The van der Waals surface area contributed by atoms with Crippen molar-refractivity contribution in [3.8, 4) is 0 Å². The molecule has 0 fully saturated rings. The normalized spacial score (nSPS) is 12.8. The average molecular weight is 460 g/mol. The Balaban J connectivity index is 1.85. The summed E-state index contributed by atoms with van der Waals surface area (Å²) in [6, 6.07) is 12.5. The van der Waals surface area contributed by atoms with Crippen molar-refractivity contribution in [1.29, 1.82) is 0 Å². The lowest BCUT2D eigenvalue weighted by atomic mass is 10.0. The lowest BCUT2D eigenvalue weighted by molar-refractivity contribution is -0.129. The van der Waals surface area contributed by atoms with Crippen LogP contribution < -0.4 is 27.8 Å². The maximum Gasteiger partial charge on any atom is 0.242 e. The van der Waals surface area contributed by atoms with Crippen molar-refractivity contribution in [1.82, 2.24) is 10.6 Å². The van der Waals surface area contributed by atoms with Crippen LogP contribution in [0.2, 0.25) is 0 Å². The second-order valence-electron chi connectivity index (χ2n) is 7.94. The zero-order valence-corrected chi connectivity index (χ0v) is 19.5. The molecule has 1 heterocycles. The largest absolute Gasteiger partial charge is 0.354 e. The molecule has 0 saturated carbocycles. The zero-order valence-electron chi connectivity index (χ0n) is 18.7. The van der Waals surface area contributed by atoms with Crippen LogP contribution in [0.5, 0.6) is 0 Å². The highest BCUT2D eigenvalue weighted by molar-refractivity contribution is 7.11. The first-order valence-electron chi connectivity index (χ1n) is 11.4. The van der Waals surface area contributed by atoms with Gasteiger partial charge in [-0.15, -0.1) is 11.3 Å². The van der Waals surface area contributed by atoms with Crippen molar-refractivity contribution in [3.05, 3.63) is 57.8 Å². The highest BCUT2D eigenvalue weighted by Crippen LogP contribution is 2.18. The van der Waals surface area contributed by atoms with E-state index >= 15 is 0 Å². The predicted molar refractivity (Wildman–Crippen MR) is 131 cm³/mol. The highest BCUT2D eigenvalue weighted by Gasteiger charge is 2.23. The van der Waals surface area contributed by atoms with Gasteiger partial charge in [-0.3, -0.25) is 9.59 Å². The van der Waals surface area contributed by atoms with Crippen molar-refractivity contribution < 1.29 is 9.59 Å². The van der Waals surface area contributed by atoms with Crippen LogP contribution in [0.4, 0.5) is 0 Å². The van der Waals surface area contributed by atoms with Crippen LogP contribution in [0.15, 0.2) is 42.5 Å². The molecule has 8 N–H and O–H groups in total. The molecule has 0 spiro atoms. The van der Waals surface area contributed by atoms with Gasteiger partial charge < -0.3 is 27.8 Å². The summed E-state index contributed by atoms with van der Waals surface area (Å²) < 4.78 is 0. The second kappa shape index (κ2) is 14.7. The van der Waals surface area contributed by atoms with Crippen LogP contribution in [0, 0.1) is 0 Å². The number of carbonyl (C=O) groups is 2. The van der Waals surface area contributed by atoms with Gasteiger partial charge in [-0.2, -0.15) is 0 Å².